The fourth-order valence-electron chi connectivity index (χ4n) is 8.12. The monoisotopic (exact) mass is 414 g/mol. The largest absolute Gasteiger partial charge is 0.462 e. The Balaban J connectivity index is 1.46. The van der Waals surface area contributed by atoms with Crippen molar-refractivity contribution >= 4 is 11.8 Å². The van der Waals surface area contributed by atoms with Crippen LogP contribution in [0.3, 0.4) is 0 Å². The molecule has 0 N–H and O–H groups in total. The molecule has 0 heterocycles. The first-order chi connectivity index (χ1) is 14.3. The second kappa shape index (κ2) is 8.43. The summed E-state index contributed by atoms with van der Waals surface area (Å²) < 4.78 is 6.12. The first kappa shape index (κ1) is 22.1. The number of esters is 1. The molecule has 3 saturated carbocycles. The van der Waals surface area contributed by atoms with E-state index in [0.29, 0.717) is 30.0 Å². The summed E-state index contributed by atoms with van der Waals surface area (Å²) in [6, 6.07) is 0. The number of hydrogen-bond donors (Lipinski definition) is 0. The maximum Gasteiger partial charge on any atom is 0.306 e. The summed E-state index contributed by atoms with van der Waals surface area (Å²) in [7, 11) is 0. The minimum atomic E-state index is 0.0281. The molecule has 4 aliphatic carbocycles. The Hall–Kier alpha value is -1.12. The molecule has 0 aromatic carbocycles. The highest BCUT2D eigenvalue weighted by atomic mass is 16.5. The Labute approximate surface area is 183 Å². The van der Waals surface area contributed by atoms with Gasteiger partial charge in [0, 0.05) is 18.3 Å². The molecule has 168 valence electrons. The zero-order valence-corrected chi connectivity index (χ0v) is 19.7. The van der Waals surface area contributed by atoms with E-state index >= 15 is 0 Å². The molecular weight excluding hydrogens is 372 g/mol. The van der Waals surface area contributed by atoms with Crippen LogP contribution in [0.2, 0.25) is 0 Å². The summed E-state index contributed by atoms with van der Waals surface area (Å²) in [5, 5.41) is 0. The number of carbonyl (C=O) groups is 2. The molecule has 4 rings (SSSR count). The summed E-state index contributed by atoms with van der Waals surface area (Å²) in [6.45, 7) is 9.28. The highest BCUT2D eigenvalue weighted by molar-refractivity contribution is 5.91. The van der Waals surface area contributed by atoms with Crippen LogP contribution in [0.25, 0.3) is 0 Å². The maximum absolute atomic E-state index is 12.5. The van der Waals surface area contributed by atoms with Gasteiger partial charge in [-0.3, -0.25) is 9.59 Å². The zero-order valence-electron chi connectivity index (χ0n) is 19.7. The number of hydrogen-bond acceptors (Lipinski definition) is 3. The Morgan fingerprint density at radius 1 is 1.07 bits per heavy atom. The average molecular weight is 415 g/mol. The van der Waals surface area contributed by atoms with Crippen molar-refractivity contribution in [1.82, 2.24) is 0 Å². The van der Waals surface area contributed by atoms with Gasteiger partial charge in [-0.25, -0.2) is 0 Å². The quantitative estimate of drug-likeness (QED) is 0.361. The fourth-order valence-corrected chi connectivity index (χ4v) is 8.12. The van der Waals surface area contributed by atoms with Crippen LogP contribution in [0, 0.1) is 34.5 Å². The van der Waals surface area contributed by atoms with E-state index in [9.17, 15) is 9.59 Å². The normalized spacial score (nSPS) is 42.7. The molecule has 0 saturated heterocycles. The van der Waals surface area contributed by atoms with Crippen LogP contribution in [-0.4, -0.2) is 17.9 Å². The molecule has 0 aromatic heterocycles. The molecular formula is C27H42O3. The number of ketones is 1. The van der Waals surface area contributed by atoms with E-state index in [2.05, 4.69) is 27.7 Å². The fraction of sp³-hybridized carbons (Fsp3) is 0.852. The van der Waals surface area contributed by atoms with E-state index in [1.54, 1.807) is 0 Å². The van der Waals surface area contributed by atoms with Gasteiger partial charge in [0.15, 0.2) is 5.78 Å². The van der Waals surface area contributed by atoms with Crippen LogP contribution in [0.15, 0.2) is 11.6 Å². The molecule has 3 heteroatoms. The smallest absolute Gasteiger partial charge is 0.306 e. The topological polar surface area (TPSA) is 43.4 Å². The van der Waals surface area contributed by atoms with E-state index in [0.717, 1.165) is 38.0 Å². The molecule has 7 atom stereocenters. The number of fused-ring (bicyclic) bond motifs is 5. The van der Waals surface area contributed by atoms with Crippen molar-refractivity contribution < 1.29 is 14.3 Å². The zero-order chi connectivity index (χ0) is 21.5. The SMILES string of the molecule is CCCCCCC(=O)O[C@@H]1CC[C@H]2[C@@H]3CC[C@H]4CC(=O)C=C(C)[C@]4(C)[C@H]3CC[C@]12C. The predicted molar refractivity (Wildman–Crippen MR) is 120 cm³/mol. The third kappa shape index (κ3) is 3.58. The number of rotatable bonds is 6. The van der Waals surface area contributed by atoms with Gasteiger partial charge in [-0.2, -0.15) is 0 Å². The average Bonchev–Trinajstić information content (AvgIpc) is 3.03. The summed E-state index contributed by atoms with van der Waals surface area (Å²) in [6.07, 6.45) is 15.0. The summed E-state index contributed by atoms with van der Waals surface area (Å²) in [5.74, 6) is 2.95. The molecule has 3 fully saturated rings. The van der Waals surface area contributed by atoms with E-state index in [-0.39, 0.29) is 22.9 Å². The van der Waals surface area contributed by atoms with Gasteiger partial charge in [0.1, 0.15) is 6.10 Å². The van der Waals surface area contributed by atoms with Crippen molar-refractivity contribution in [2.24, 2.45) is 34.5 Å². The van der Waals surface area contributed by atoms with Crippen LogP contribution in [0.4, 0.5) is 0 Å². The molecule has 4 aliphatic rings. The lowest BCUT2D eigenvalue weighted by Crippen LogP contribution is -2.54. The molecule has 0 amide bonds. The number of ether oxygens (including phenoxy) is 1. The van der Waals surface area contributed by atoms with E-state index in [4.69, 9.17) is 4.74 Å². The van der Waals surface area contributed by atoms with E-state index < -0.39 is 0 Å². The van der Waals surface area contributed by atoms with E-state index in [1.165, 1.54) is 44.1 Å². The number of unbranched alkanes of at least 4 members (excludes halogenated alkanes) is 3. The van der Waals surface area contributed by atoms with Crippen LogP contribution in [-0.2, 0) is 14.3 Å². The van der Waals surface area contributed by atoms with Crippen LogP contribution < -0.4 is 0 Å². The Morgan fingerprint density at radius 3 is 2.63 bits per heavy atom. The standard InChI is InChI=1S/C27H42O3/c1-5-6-7-8-9-25(29)30-24-13-12-22-21-11-10-19-17-20(28)16-18(2)27(19,4)23(21)14-15-26(22,24)3/h16,19,21-24H,5-15,17H2,1-4H3/t19-,21-,22-,23-,24+,26-,27-/m0/s1. The van der Waals surface area contributed by atoms with Crippen molar-refractivity contribution in [2.45, 2.75) is 111 Å². The molecule has 0 spiro atoms. The van der Waals surface area contributed by atoms with Gasteiger partial charge in [0.2, 0.25) is 0 Å². The Bertz CT molecular complexity index is 709. The molecule has 0 bridgehead atoms. The van der Waals surface area contributed by atoms with Gasteiger partial charge >= 0.3 is 5.97 Å². The van der Waals surface area contributed by atoms with Crippen molar-refractivity contribution in [3.63, 3.8) is 0 Å². The summed E-state index contributed by atoms with van der Waals surface area (Å²) >= 11 is 0. The van der Waals surface area contributed by atoms with E-state index in [1.807, 2.05) is 6.08 Å². The molecule has 30 heavy (non-hydrogen) atoms. The minimum Gasteiger partial charge on any atom is -0.462 e. The third-order valence-electron chi connectivity index (χ3n) is 10.00. The van der Waals surface area contributed by atoms with Crippen LogP contribution in [0.1, 0.15) is 105 Å². The minimum absolute atomic E-state index is 0.0281. The first-order valence-corrected chi connectivity index (χ1v) is 12.7. The van der Waals surface area contributed by atoms with Crippen molar-refractivity contribution in [1.29, 1.82) is 0 Å². The molecule has 0 unspecified atom stereocenters. The molecule has 0 aliphatic heterocycles. The lowest BCUT2D eigenvalue weighted by atomic mass is 9.45. The Morgan fingerprint density at radius 2 is 1.87 bits per heavy atom. The van der Waals surface area contributed by atoms with Gasteiger partial charge in [-0.1, -0.05) is 45.6 Å². The molecule has 0 radical (unpaired) electrons. The lowest BCUT2D eigenvalue weighted by molar-refractivity contribution is -0.161. The second-order valence-corrected chi connectivity index (χ2v) is 11.3. The predicted octanol–water partition coefficient (Wildman–Crippen LogP) is 6.65. The van der Waals surface area contributed by atoms with Crippen LogP contribution >= 0.6 is 0 Å². The third-order valence-corrected chi connectivity index (χ3v) is 10.00. The summed E-state index contributed by atoms with van der Waals surface area (Å²) in [4.78, 5) is 24.7. The molecule has 0 aromatic rings. The first-order valence-electron chi connectivity index (χ1n) is 12.7. The highest BCUT2D eigenvalue weighted by Crippen LogP contribution is 2.66. The van der Waals surface area contributed by atoms with Gasteiger partial charge in [0.25, 0.3) is 0 Å². The van der Waals surface area contributed by atoms with Crippen LogP contribution in [0.5, 0.6) is 0 Å². The van der Waals surface area contributed by atoms with Gasteiger partial charge in [-0.15, -0.1) is 0 Å². The van der Waals surface area contributed by atoms with Gasteiger partial charge < -0.3 is 4.74 Å². The molecule has 3 nitrogen and oxygen atoms in total. The van der Waals surface area contributed by atoms with Gasteiger partial charge in [-0.05, 0) is 87.0 Å². The number of allylic oxidation sites excluding steroid dienone is 2. The Kier molecular flexibility index (Phi) is 6.21. The summed E-state index contributed by atoms with van der Waals surface area (Å²) in [5.41, 5.74) is 1.66. The van der Waals surface area contributed by atoms with Crippen molar-refractivity contribution in [3.8, 4) is 0 Å². The number of carbonyl (C=O) groups excluding carboxylic acids is 2. The van der Waals surface area contributed by atoms with Crippen molar-refractivity contribution in [3.05, 3.63) is 11.6 Å². The van der Waals surface area contributed by atoms with Gasteiger partial charge in [0.05, 0.1) is 0 Å². The lowest BCUT2D eigenvalue weighted by Gasteiger charge is -2.60. The highest BCUT2D eigenvalue weighted by Gasteiger charge is 2.61. The van der Waals surface area contributed by atoms with Crippen molar-refractivity contribution in [2.75, 3.05) is 0 Å². The maximum atomic E-state index is 12.5. The second-order valence-electron chi connectivity index (χ2n) is 11.3.